The summed E-state index contributed by atoms with van der Waals surface area (Å²) in [6, 6.07) is 22.5. The highest BCUT2D eigenvalue weighted by atomic mass is 16.2. The number of amides is 1. The predicted molar refractivity (Wildman–Crippen MR) is 104 cm³/mol. The topological polar surface area (TPSA) is 38.1 Å². The molecule has 4 nitrogen and oxygen atoms in total. The Morgan fingerprint density at radius 3 is 2.62 bits per heavy atom. The van der Waals surface area contributed by atoms with Gasteiger partial charge in [0.05, 0.1) is 16.7 Å². The van der Waals surface area contributed by atoms with Crippen LogP contribution in [0.3, 0.4) is 0 Å². The number of anilines is 1. The first-order valence-electron chi connectivity index (χ1n) is 8.92. The molecular formula is C22H19N3O. The molecule has 0 spiro atoms. The molecule has 4 aromatic rings. The summed E-state index contributed by atoms with van der Waals surface area (Å²) >= 11 is 0. The van der Waals surface area contributed by atoms with Crippen LogP contribution in [0.5, 0.6) is 0 Å². The summed E-state index contributed by atoms with van der Waals surface area (Å²) in [4.78, 5) is 19.5. The SMILES string of the molecule is Cn1c(C2CC(=O)N(c3cccc4ccccc34)C2)nc2ccccc21. The zero-order chi connectivity index (χ0) is 17.7. The Morgan fingerprint density at radius 2 is 1.73 bits per heavy atom. The summed E-state index contributed by atoms with van der Waals surface area (Å²) in [5, 5.41) is 2.28. The van der Waals surface area contributed by atoms with Crippen molar-refractivity contribution in [3.05, 3.63) is 72.6 Å². The van der Waals surface area contributed by atoms with E-state index in [-0.39, 0.29) is 11.8 Å². The molecule has 0 aliphatic carbocycles. The number of imidazole rings is 1. The maximum absolute atomic E-state index is 12.8. The minimum absolute atomic E-state index is 0.110. The molecule has 0 N–H and O–H groups in total. The van der Waals surface area contributed by atoms with Crippen molar-refractivity contribution in [2.24, 2.45) is 7.05 Å². The van der Waals surface area contributed by atoms with Gasteiger partial charge in [0, 0.05) is 31.3 Å². The molecule has 1 amide bonds. The second kappa shape index (κ2) is 5.70. The van der Waals surface area contributed by atoms with Crippen molar-refractivity contribution in [2.45, 2.75) is 12.3 Å². The number of rotatable bonds is 2. The third kappa shape index (κ3) is 2.22. The highest BCUT2D eigenvalue weighted by molar-refractivity contribution is 6.05. The van der Waals surface area contributed by atoms with Crippen molar-refractivity contribution in [3.8, 4) is 0 Å². The smallest absolute Gasteiger partial charge is 0.227 e. The molecule has 1 atom stereocenters. The lowest BCUT2D eigenvalue weighted by Gasteiger charge is -2.19. The van der Waals surface area contributed by atoms with E-state index in [0.717, 1.165) is 33.3 Å². The molecule has 4 heteroatoms. The van der Waals surface area contributed by atoms with E-state index in [1.807, 2.05) is 54.4 Å². The Morgan fingerprint density at radius 1 is 0.962 bits per heavy atom. The molecule has 5 rings (SSSR count). The fourth-order valence-electron chi connectivity index (χ4n) is 4.09. The first-order chi connectivity index (χ1) is 12.7. The summed E-state index contributed by atoms with van der Waals surface area (Å²) < 4.78 is 2.12. The molecule has 26 heavy (non-hydrogen) atoms. The first kappa shape index (κ1) is 15.1. The maximum Gasteiger partial charge on any atom is 0.227 e. The predicted octanol–water partition coefficient (Wildman–Crippen LogP) is 4.25. The van der Waals surface area contributed by atoms with Gasteiger partial charge >= 0.3 is 0 Å². The number of hydrogen-bond acceptors (Lipinski definition) is 2. The number of hydrogen-bond donors (Lipinski definition) is 0. The Labute approximate surface area is 151 Å². The van der Waals surface area contributed by atoms with Gasteiger partial charge in [-0.25, -0.2) is 4.98 Å². The number of aromatic nitrogens is 2. The van der Waals surface area contributed by atoms with Gasteiger partial charge in [-0.3, -0.25) is 4.79 Å². The van der Waals surface area contributed by atoms with Crippen LogP contribution in [-0.4, -0.2) is 22.0 Å². The molecule has 1 unspecified atom stereocenters. The fraction of sp³-hybridized carbons (Fsp3) is 0.182. The lowest BCUT2D eigenvalue weighted by Crippen LogP contribution is -2.24. The van der Waals surface area contributed by atoms with Gasteiger partial charge in [-0.1, -0.05) is 48.5 Å². The zero-order valence-electron chi connectivity index (χ0n) is 14.6. The second-order valence-electron chi connectivity index (χ2n) is 6.92. The van der Waals surface area contributed by atoms with Gasteiger partial charge in [0.2, 0.25) is 5.91 Å². The highest BCUT2D eigenvalue weighted by Crippen LogP contribution is 2.35. The third-order valence-electron chi connectivity index (χ3n) is 5.37. The van der Waals surface area contributed by atoms with Crippen LogP contribution >= 0.6 is 0 Å². The second-order valence-corrected chi connectivity index (χ2v) is 6.92. The van der Waals surface area contributed by atoms with Crippen LogP contribution in [0.1, 0.15) is 18.2 Å². The average molecular weight is 341 g/mol. The number of aryl methyl sites for hydroxylation is 1. The van der Waals surface area contributed by atoms with Crippen molar-refractivity contribution in [3.63, 3.8) is 0 Å². The van der Waals surface area contributed by atoms with E-state index >= 15 is 0 Å². The molecule has 2 heterocycles. The molecule has 128 valence electrons. The monoisotopic (exact) mass is 341 g/mol. The first-order valence-corrected chi connectivity index (χ1v) is 8.92. The van der Waals surface area contributed by atoms with E-state index in [1.54, 1.807) is 0 Å². The summed E-state index contributed by atoms with van der Waals surface area (Å²) in [5.41, 5.74) is 3.09. The van der Waals surface area contributed by atoms with Gasteiger partial charge in [-0.05, 0) is 23.6 Å². The Balaban J connectivity index is 1.55. The summed E-state index contributed by atoms with van der Waals surface area (Å²) in [7, 11) is 2.04. The van der Waals surface area contributed by atoms with Crippen LogP contribution in [0.25, 0.3) is 21.8 Å². The number of fused-ring (bicyclic) bond motifs is 2. The van der Waals surface area contributed by atoms with Crippen LogP contribution in [0.2, 0.25) is 0 Å². The van der Waals surface area contributed by atoms with Crippen molar-refractivity contribution in [2.75, 3.05) is 11.4 Å². The molecular weight excluding hydrogens is 322 g/mol. The molecule has 0 radical (unpaired) electrons. The third-order valence-corrected chi connectivity index (χ3v) is 5.37. The van der Waals surface area contributed by atoms with Gasteiger partial charge in [0.15, 0.2) is 0 Å². The lowest BCUT2D eigenvalue weighted by molar-refractivity contribution is -0.117. The summed E-state index contributed by atoms with van der Waals surface area (Å²) in [6.45, 7) is 0.671. The number of nitrogens with zero attached hydrogens (tertiary/aromatic N) is 3. The fourth-order valence-corrected chi connectivity index (χ4v) is 4.09. The van der Waals surface area contributed by atoms with Crippen LogP contribution in [0.15, 0.2) is 66.7 Å². The lowest BCUT2D eigenvalue weighted by atomic mass is 10.1. The number of benzene rings is 3. The van der Waals surface area contributed by atoms with Crippen molar-refractivity contribution in [1.82, 2.24) is 9.55 Å². The maximum atomic E-state index is 12.8. The van der Waals surface area contributed by atoms with Crippen molar-refractivity contribution < 1.29 is 4.79 Å². The van der Waals surface area contributed by atoms with E-state index < -0.39 is 0 Å². The van der Waals surface area contributed by atoms with Crippen LogP contribution in [0, 0.1) is 0 Å². The molecule has 1 aliphatic heterocycles. The summed E-state index contributed by atoms with van der Waals surface area (Å²) in [6.07, 6.45) is 0.500. The average Bonchev–Trinajstić information content (AvgIpc) is 3.22. The standard InChI is InChI=1S/C22H19N3O/c1-24-20-11-5-4-10-18(20)23-22(24)16-13-21(26)25(14-16)19-12-6-8-15-7-2-3-9-17(15)19/h2-12,16H,13-14H2,1H3. The summed E-state index contributed by atoms with van der Waals surface area (Å²) in [5.74, 6) is 1.26. The van der Waals surface area contributed by atoms with Crippen LogP contribution in [0.4, 0.5) is 5.69 Å². The molecule has 1 aliphatic rings. The minimum atomic E-state index is 0.110. The molecule has 3 aromatic carbocycles. The number of carbonyl (C=O) groups is 1. The Hall–Kier alpha value is -3.14. The van der Waals surface area contributed by atoms with Crippen molar-refractivity contribution in [1.29, 1.82) is 0 Å². The molecule has 0 bridgehead atoms. The molecule has 0 saturated carbocycles. The van der Waals surface area contributed by atoms with E-state index in [0.29, 0.717) is 13.0 Å². The van der Waals surface area contributed by atoms with Gasteiger partial charge in [-0.15, -0.1) is 0 Å². The molecule has 1 saturated heterocycles. The quantitative estimate of drug-likeness (QED) is 0.547. The van der Waals surface area contributed by atoms with Crippen LogP contribution in [-0.2, 0) is 11.8 Å². The normalized spacial score (nSPS) is 17.5. The van der Waals surface area contributed by atoms with E-state index in [2.05, 4.69) is 28.8 Å². The highest BCUT2D eigenvalue weighted by Gasteiger charge is 2.34. The van der Waals surface area contributed by atoms with Gasteiger partial charge in [0.25, 0.3) is 0 Å². The number of para-hydroxylation sites is 2. The molecule has 1 fully saturated rings. The minimum Gasteiger partial charge on any atom is -0.331 e. The zero-order valence-corrected chi connectivity index (χ0v) is 14.6. The van der Waals surface area contributed by atoms with E-state index in [4.69, 9.17) is 4.98 Å². The van der Waals surface area contributed by atoms with Crippen LogP contribution < -0.4 is 4.90 Å². The largest absolute Gasteiger partial charge is 0.331 e. The Kier molecular flexibility index (Phi) is 3.32. The number of carbonyl (C=O) groups excluding carboxylic acids is 1. The van der Waals surface area contributed by atoms with Gasteiger partial charge in [0.1, 0.15) is 5.82 Å². The van der Waals surface area contributed by atoms with Gasteiger partial charge in [-0.2, -0.15) is 0 Å². The Bertz CT molecular complexity index is 1140. The van der Waals surface area contributed by atoms with E-state index in [9.17, 15) is 4.79 Å². The molecule has 1 aromatic heterocycles. The van der Waals surface area contributed by atoms with Gasteiger partial charge < -0.3 is 9.47 Å². The van der Waals surface area contributed by atoms with Crippen molar-refractivity contribution >= 4 is 33.4 Å². The van der Waals surface area contributed by atoms with E-state index in [1.165, 1.54) is 0 Å².